The van der Waals surface area contributed by atoms with Gasteiger partial charge < -0.3 is 19.0 Å². The number of carboxylic acids is 2. The molecule has 0 spiro atoms. The van der Waals surface area contributed by atoms with Crippen LogP contribution in [0.15, 0.2) is 103 Å². The first-order valence-electron chi connectivity index (χ1n) is 12.6. The average Bonchev–Trinajstić information content (AvgIpc) is 2.97. The zero-order chi connectivity index (χ0) is 29.1. The van der Waals surface area contributed by atoms with Crippen molar-refractivity contribution in [3.63, 3.8) is 0 Å². The van der Waals surface area contributed by atoms with Gasteiger partial charge >= 0.3 is 11.9 Å². The Morgan fingerprint density at radius 2 is 0.951 bits per heavy atom. The van der Waals surface area contributed by atoms with Crippen LogP contribution in [0.4, 0.5) is 0 Å². The Bertz CT molecular complexity index is 2020. The van der Waals surface area contributed by atoms with Gasteiger partial charge in [0.1, 0.15) is 31.8 Å². The predicted octanol–water partition coefficient (Wildman–Crippen LogP) is 6.24. The molecule has 2 heterocycles. The molecule has 2 atom stereocenters. The van der Waals surface area contributed by atoms with Crippen molar-refractivity contribution in [1.29, 1.82) is 0 Å². The summed E-state index contributed by atoms with van der Waals surface area (Å²) in [5.74, 6) is -2.60. The molecule has 204 valence electrons. The molecule has 2 N–H and O–H groups in total. The SMILES string of the molecule is CC(SC(C)(C(=O)O)c1ccc2oc3ccccc3c(=O)c2c1)(C(=O)O)c1ccc2oc3ccccc3c(=O)c2c1. The molecular formula is C32H22O8S. The number of thioether (sulfide) groups is 1. The summed E-state index contributed by atoms with van der Waals surface area (Å²) in [6.45, 7) is 2.79. The monoisotopic (exact) mass is 566 g/mol. The van der Waals surface area contributed by atoms with Crippen molar-refractivity contribution in [1.82, 2.24) is 0 Å². The molecule has 9 heteroatoms. The van der Waals surface area contributed by atoms with Crippen LogP contribution in [0.3, 0.4) is 0 Å². The zero-order valence-corrected chi connectivity index (χ0v) is 22.7. The van der Waals surface area contributed by atoms with E-state index in [-0.39, 0.29) is 43.9 Å². The second-order valence-corrected chi connectivity index (χ2v) is 11.9. The Balaban J connectivity index is 1.51. The molecule has 0 aliphatic heterocycles. The van der Waals surface area contributed by atoms with Gasteiger partial charge in [0.2, 0.25) is 10.9 Å². The minimum atomic E-state index is -1.82. The van der Waals surface area contributed by atoms with Crippen LogP contribution in [-0.4, -0.2) is 22.2 Å². The number of rotatable bonds is 6. The Kier molecular flexibility index (Phi) is 6.00. The molecule has 0 amide bonds. The van der Waals surface area contributed by atoms with Crippen molar-refractivity contribution in [3.05, 3.63) is 117 Å². The van der Waals surface area contributed by atoms with E-state index in [2.05, 4.69) is 0 Å². The van der Waals surface area contributed by atoms with E-state index in [1.807, 2.05) is 0 Å². The van der Waals surface area contributed by atoms with Crippen LogP contribution in [0.25, 0.3) is 43.9 Å². The van der Waals surface area contributed by atoms with Crippen LogP contribution in [0.5, 0.6) is 0 Å². The molecule has 8 nitrogen and oxygen atoms in total. The quantitative estimate of drug-likeness (QED) is 0.225. The highest BCUT2D eigenvalue weighted by Gasteiger charge is 2.48. The van der Waals surface area contributed by atoms with Gasteiger partial charge in [-0.15, -0.1) is 11.8 Å². The molecule has 0 saturated carbocycles. The van der Waals surface area contributed by atoms with Gasteiger partial charge in [0.15, 0.2) is 0 Å². The van der Waals surface area contributed by atoms with Gasteiger partial charge in [0.25, 0.3) is 0 Å². The maximum atomic E-state index is 13.3. The first-order chi connectivity index (χ1) is 19.5. The van der Waals surface area contributed by atoms with E-state index < -0.39 is 21.4 Å². The molecule has 2 aromatic heterocycles. The fourth-order valence-electron chi connectivity index (χ4n) is 5.06. The summed E-state index contributed by atoms with van der Waals surface area (Å²) in [6.07, 6.45) is 0. The van der Waals surface area contributed by atoms with Gasteiger partial charge in [-0.25, -0.2) is 0 Å². The van der Waals surface area contributed by atoms with E-state index in [1.54, 1.807) is 48.5 Å². The molecule has 6 aromatic rings. The Morgan fingerprint density at radius 3 is 1.34 bits per heavy atom. The number of aliphatic carboxylic acids is 2. The third kappa shape index (κ3) is 4.08. The predicted molar refractivity (Wildman–Crippen MR) is 158 cm³/mol. The lowest BCUT2D eigenvalue weighted by atomic mass is 9.97. The summed E-state index contributed by atoms with van der Waals surface area (Å²) >= 11 is 0.689. The molecule has 4 aromatic carbocycles. The normalized spacial score (nSPS) is 14.7. The highest BCUT2D eigenvalue weighted by Crippen LogP contribution is 2.50. The number of benzene rings is 4. The summed E-state index contributed by atoms with van der Waals surface area (Å²) in [6, 6.07) is 22.5. The third-order valence-corrected chi connectivity index (χ3v) is 9.11. The van der Waals surface area contributed by atoms with Crippen molar-refractivity contribution in [3.8, 4) is 0 Å². The highest BCUT2D eigenvalue weighted by atomic mass is 32.2. The van der Waals surface area contributed by atoms with E-state index in [4.69, 9.17) is 8.83 Å². The lowest BCUT2D eigenvalue weighted by molar-refractivity contribution is -0.140. The lowest BCUT2D eigenvalue weighted by Crippen LogP contribution is -2.39. The van der Waals surface area contributed by atoms with Crippen LogP contribution in [-0.2, 0) is 19.1 Å². The number of carbonyl (C=O) groups is 2. The number of hydrogen-bond donors (Lipinski definition) is 2. The first-order valence-corrected chi connectivity index (χ1v) is 13.4. The van der Waals surface area contributed by atoms with Crippen LogP contribution in [0, 0.1) is 0 Å². The fourth-order valence-corrected chi connectivity index (χ4v) is 6.54. The van der Waals surface area contributed by atoms with Gasteiger partial charge in [0.05, 0.1) is 21.5 Å². The largest absolute Gasteiger partial charge is 0.480 e. The van der Waals surface area contributed by atoms with Gasteiger partial charge in [-0.2, -0.15) is 0 Å². The smallest absolute Gasteiger partial charge is 0.324 e. The molecule has 0 saturated heterocycles. The minimum absolute atomic E-state index is 0.182. The standard InChI is InChI=1S/C32H22O8S/c1-31(29(35)36,17-11-13-25-21(15-17)27(33)19-7-3-5-9-23(19)39-25)41-32(2,30(37)38)18-12-14-26-22(16-18)28(34)20-8-4-6-10-24(20)40-26/h3-16H,1-2H3,(H,35,36)(H,37,38). The fraction of sp³-hybridized carbons (Fsp3) is 0.125. The maximum absolute atomic E-state index is 13.3. The zero-order valence-electron chi connectivity index (χ0n) is 21.8. The molecule has 0 aliphatic carbocycles. The van der Waals surface area contributed by atoms with Crippen LogP contribution in [0.1, 0.15) is 25.0 Å². The second kappa shape index (κ2) is 9.35. The third-order valence-electron chi connectivity index (χ3n) is 7.48. The van der Waals surface area contributed by atoms with Crippen LogP contribution >= 0.6 is 11.8 Å². The minimum Gasteiger partial charge on any atom is -0.480 e. The van der Waals surface area contributed by atoms with Crippen molar-refractivity contribution in [2.45, 2.75) is 23.3 Å². The number of hydrogen-bond acceptors (Lipinski definition) is 7. The number of carboxylic acid groups (broad SMARTS) is 2. The van der Waals surface area contributed by atoms with E-state index >= 15 is 0 Å². The molecule has 41 heavy (non-hydrogen) atoms. The summed E-state index contributed by atoms with van der Waals surface area (Å²) in [5.41, 5.74) is 1.15. The van der Waals surface area contributed by atoms with E-state index in [0.717, 1.165) is 0 Å². The van der Waals surface area contributed by atoms with Crippen LogP contribution in [0.2, 0.25) is 0 Å². The molecule has 0 bridgehead atoms. The Hall–Kier alpha value is -4.89. The Labute approximate surface area is 235 Å². The van der Waals surface area contributed by atoms with Crippen molar-refractivity contribution < 1.29 is 28.6 Å². The van der Waals surface area contributed by atoms with E-state index in [9.17, 15) is 29.4 Å². The molecular weight excluding hydrogens is 544 g/mol. The average molecular weight is 567 g/mol. The topological polar surface area (TPSA) is 135 Å². The lowest BCUT2D eigenvalue weighted by Gasteiger charge is -2.34. The molecule has 0 fully saturated rings. The molecule has 6 rings (SSSR count). The Morgan fingerprint density at radius 1 is 0.585 bits per heavy atom. The summed E-state index contributed by atoms with van der Waals surface area (Å²) in [5, 5.41) is 21.9. The number of fused-ring (bicyclic) bond motifs is 4. The first kappa shape index (κ1) is 26.3. The summed E-state index contributed by atoms with van der Waals surface area (Å²) in [7, 11) is 0. The van der Waals surface area contributed by atoms with Crippen molar-refractivity contribution >= 4 is 67.6 Å². The van der Waals surface area contributed by atoms with Gasteiger partial charge in [0, 0.05) is 0 Å². The molecule has 2 unspecified atom stereocenters. The van der Waals surface area contributed by atoms with E-state index in [0.29, 0.717) is 33.7 Å². The van der Waals surface area contributed by atoms with Gasteiger partial charge in [-0.3, -0.25) is 19.2 Å². The number of para-hydroxylation sites is 2. The molecule has 0 radical (unpaired) electrons. The highest BCUT2D eigenvalue weighted by molar-refractivity contribution is 8.02. The van der Waals surface area contributed by atoms with Gasteiger partial charge in [-0.05, 0) is 73.5 Å². The van der Waals surface area contributed by atoms with Crippen molar-refractivity contribution in [2.75, 3.05) is 0 Å². The second-order valence-electron chi connectivity index (χ2n) is 10.1. The van der Waals surface area contributed by atoms with Crippen molar-refractivity contribution in [2.24, 2.45) is 0 Å². The maximum Gasteiger partial charge on any atom is 0.324 e. The van der Waals surface area contributed by atoms with E-state index in [1.165, 1.54) is 50.2 Å². The molecule has 0 aliphatic rings. The summed E-state index contributed by atoms with van der Waals surface area (Å²) in [4.78, 5) is 52.1. The van der Waals surface area contributed by atoms with Crippen LogP contribution < -0.4 is 10.9 Å². The van der Waals surface area contributed by atoms with Gasteiger partial charge in [-0.1, -0.05) is 36.4 Å². The summed E-state index contributed by atoms with van der Waals surface area (Å²) < 4.78 is 8.08.